The molecule has 5 saturated heterocycles. The summed E-state index contributed by atoms with van der Waals surface area (Å²) in [6, 6.07) is 19.5. The van der Waals surface area contributed by atoms with E-state index in [-0.39, 0.29) is 42.4 Å². The van der Waals surface area contributed by atoms with Crippen LogP contribution in [0.15, 0.2) is 60.7 Å². The van der Waals surface area contributed by atoms with E-state index in [2.05, 4.69) is 6.92 Å². The van der Waals surface area contributed by atoms with E-state index in [1.165, 1.54) is 0 Å². The SMILES string of the molecule is C[C@H]1[C@H](OC(=O)CCC(=O)N2CCC(C(O)(c3ccccc3)c3ccccc3)CC2)O[C@@H]2O[C@@]3(C)CC[C@H]4[C@H](C)CC[C@@H]1[C@@]24OO3. The second kappa shape index (κ2) is 12.3. The van der Waals surface area contributed by atoms with Crippen LogP contribution < -0.4 is 0 Å². The minimum Gasteiger partial charge on any atom is -0.435 e. The van der Waals surface area contributed by atoms with E-state index in [0.29, 0.717) is 38.3 Å². The number of likely N-dealkylation sites (tertiary alicyclic amines) is 1. The Morgan fingerprint density at radius 1 is 0.891 bits per heavy atom. The molecular weight excluding hydrogens is 586 g/mol. The number of nitrogens with zero attached hydrogens (tertiary/aromatic N) is 1. The summed E-state index contributed by atoms with van der Waals surface area (Å²) in [5.74, 6) is -0.873. The van der Waals surface area contributed by atoms with Gasteiger partial charge in [0.1, 0.15) is 5.60 Å². The van der Waals surface area contributed by atoms with E-state index in [0.717, 1.165) is 30.4 Å². The Labute approximate surface area is 271 Å². The van der Waals surface area contributed by atoms with Gasteiger partial charge in [-0.3, -0.25) is 9.59 Å². The molecule has 9 heteroatoms. The van der Waals surface area contributed by atoms with Crippen molar-refractivity contribution in [3.05, 3.63) is 71.8 Å². The predicted octanol–water partition coefficient (Wildman–Crippen LogP) is 5.69. The fourth-order valence-corrected chi connectivity index (χ4v) is 9.13. The molecule has 2 bridgehead atoms. The standard InChI is InChI=1S/C37H47NO8/c1-24-14-15-30-25(2)33(43-34-37(30)29(24)18-21-35(3,44-34)45-46-37)42-32(40)17-16-31(39)38-22-19-28(20-23-38)36(41,26-10-6-4-7-11-26)27-12-8-5-9-13-27/h4-13,24-25,28-30,33-34,41H,14-23H2,1-3H3/t24-,25-,29+,30+,33-,34-,35-,37-/m1/s1. The van der Waals surface area contributed by atoms with E-state index in [9.17, 15) is 14.7 Å². The van der Waals surface area contributed by atoms with Gasteiger partial charge in [-0.15, -0.1) is 0 Å². The van der Waals surface area contributed by atoms with E-state index < -0.39 is 35.5 Å². The summed E-state index contributed by atoms with van der Waals surface area (Å²) >= 11 is 0. The Hall–Kier alpha value is -2.82. The molecule has 5 heterocycles. The quantitative estimate of drug-likeness (QED) is 0.306. The number of benzene rings is 2. The van der Waals surface area contributed by atoms with E-state index in [4.69, 9.17) is 24.0 Å². The Kier molecular flexibility index (Phi) is 8.51. The zero-order chi connectivity index (χ0) is 32.1. The van der Waals surface area contributed by atoms with Crippen LogP contribution in [0.5, 0.6) is 0 Å². The molecule has 1 N–H and O–H groups in total. The Bertz CT molecular complexity index is 1360. The maximum Gasteiger partial charge on any atom is 0.308 e. The normalized spacial score (nSPS) is 36.0. The number of aliphatic hydroxyl groups is 1. The predicted molar refractivity (Wildman–Crippen MR) is 167 cm³/mol. The summed E-state index contributed by atoms with van der Waals surface area (Å²) < 4.78 is 18.6. The number of fused-ring (bicyclic) bond motifs is 2. The van der Waals surface area contributed by atoms with E-state index >= 15 is 0 Å². The maximum absolute atomic E-state index is 13.2. The molecule has 1 amide bonds. The minimum absolute atomic E-state index is 0.0262. The van der Waals surface area contributed by atoms with Crippen molar-refractivity contribution in [2.24, 2.45) is 29.6 Å². The molecule has 1 spiro atoms. The van der Waals surface area contributed by atoms with E-state index in [1.807, 2.05) is 74.5 Å². The zero-order valence-corrected chi connectivity index (χ0v) is 27.1. The molecule has 8 atom stereocenters. The highest BCUT2D eigenvalue weighted by Gasteiger charge is 2.69. The second-order valence-electron chi connectivity index (χ2n) is 14.4. The van der Waals surface area contributed by atoms with Crippen molar-refractivity contribution < 1.29 is 38.7 Å². The first-order valence-electron chi connectivity index (χ1n) is 17.1. The maximum atomic E-state index is 13.2. The minimum atomic E-state index is -1.15. The first-order valence-corrected chi connectivity index (χ1v) is 17.1. The van der Waals surface area contributed by atoms with Gasteiger partial charge in [0.15, 0.2) is 11.9 Å². The summed E-state index contributed by atoms with van der Waals surface area (Å²) in [5, 5.41) is 12.2. The first-order chi connectivity index (χ1) is 22.1. The number of hydrogen-bond acceptors (Lipinski definition) is 8. The van der Waals surface area contributed by atoms with Gasteiger partial charge in [-0.1, -0.05) is 74.5 Å². The molecule has 6 aliphatic rings. The molecule has 248 valence electrons. The molecule has 5 aliphatic heterocycles. The van der Waals surface area contributed by atoms with Crippen molar-refractivity contribution in [1.82, 2.24) is 4.90 Å². The third-order valence-electron chi connectivity index (χ3n) is 11.8. The summed E-state index contributed by atoms with van der Waals surface area (Å²) in [6.45, 7) is 7.22. The smallest absolute Gasteiger partial charge is 0.308 e. The van der Waals surface area contributed by atoms with Crippen molar-refractivity contribution in [3.63, 3.8) is 0 Å². The van der Waals surface area contributed by atoms with Gasteiger partial charge in [-0.25, -0.2) is 9.78 Å². The van der Waals surface area contributed by atoms with Gasteiger partial charge in [0.25, 0.3) is 0 Å². The Morgan fingerprint density at radius 2 is 1.54 bits per heavy atom. The van der Waals surface area contributed by atoms with Crippen LogP contribution in [0.3, 0.4) is 0 Å². The molecule has 1 saturated carbocycles. The van der Waals surface area contributed by atoms with Crippen molar-refractivity contribution in [1.29, 1.82) is 0 Å². The van der Waals surface area contributed by atoms with Gasteiger partial charge < -0.3 is 24.2 Å². The lowest BCUT2D eigenvalue weighted by molar-refractivity contribution is -0.576. The highest BCUT2D eigenvalue weighted by molar-refractivity contribution is 5.81. The largest absolute Gasteiger partial charge is 0.435 e. The lowest BCUT2D eigenvalue weighted by Gasteiger charge is -2.59. The van der Waals surface area contributed by atoms with Gasteiger partial charge in [0.2, 0.25) is 18.0 Å². The second-order valence-corrected chi connectivity index (χ2v) is 14.4. The number of piperidine rings is 1. The number of rotatable bonds is 7. The highest BCUT2D eigenvalue weighted by atomic mass is 17.3. The van der Waals surface area contributed by atoms with Crippen LogP contribution in [-0.4, -0.2) is 58.9 Å². The van der Waals surface area contributed by atoms with Crippen molar-refractivity contribution in [2.45, 2.75) is 102 Å². The third-order valence-corrected chi connectivity index (χ3v) is 11.8. The highest BCUT2D eigenvalue weighted by Crippen LogP contribution is 2.60. The fraction of sp³-hybridized carbons (Fsp3) is 0.622. The number of hydrogen-bond donors (Lipinski definition) is 1. The molecule has 0 unspecified atom stereocenters. The molecule has 6 fully saturated rings. The lowest BCUT2D eigenvalue weighted by atomic mass is 9.58. The average molecular weight is 634 g/mol. The van der Waals surface area contributed by atoms with Crippen molar-refractivity contribution in [3.8, 4) is 0 Å². The number of carbonyl (C=O) groups excluding carboxylic acids is 2. The van der Waals surface area contributed by atoms with E-state index in [1.54, 1.807) is 4.90 Å². The molecule has 0 aromatic heterocycles. The summed E-state index contributed by atoms with van der Waals surface area (Å²) in [6.07, 6.45) is 3.49. The van der Waals surface area contributed by atoms with Gasteiger partial charge in [0.05, 0.1) is 6.42 Å². The molecule has 8 rings (SSSR count). The summed E-state index contributed by atoms with van der Waals surface area (Å²) in [7, 11) is 0. The van der Waals surface area contributed by atoms with Crippen LogP contribution >= 0.6 is 0 Å². The van der Waals surface area contributed by atoms with Crippen LogP contribution in [0.25, 0.3) is 0 Å². The van der Waals surface area contributed by atoms with Crippen LogP contribution in [0.1, 0.15) is 83.3 Å². The number of ether oxygens (including phenoxy) is 3. The van der Waals surface area contributed by atoms with Crippen LogP contribution in [0.2, 0.25) is 0 Å². The Morgan fingerprint density at radius 3 is 2.20 bits per heavy atom. The zero-order valence-electron chi connectivity index (χ0n) is 27.1. The van der Waals surface area contributed by atoms with Crippen LogP contribution in [-0.2, 0) is 39.2 Å². The molecule has 46 heavy (non-hydrogen) atoms. The van der Waals surface area contributed by atoms with Crippen LogP contribution in [0, 0.1) is 29.6 Å². The molecule has 9 nitrogen and oxygen atoms in total. The number of amides is 1. The average Bonchev–Trinajstić information content (AvgIpc) is 3.32. The van der Waals surface area contributed by atoms with Gasteiger partial charge in [-0.2, -0.15) is 0 Å². The number of carbonyl (C=O) groups is 2. The topological polar surface area (TPSA) is 104 Å². The molecular formula is C37H47NO8. The first kappa shape index (κ1) is 31.8. The lowest BCUT2D eigenvalue weighted by Crippen LogP contribution is -2.70. The van der Waals surface area contributed by atoms with Gasteiger partial charge in [-0.05, 0) is 67.9 Å². The molecule has 1 aliphatic carbocycles. The summed E-state index contributed by atoms with van der Waals surface area (Å²) in [4.78, 5) is 40.2. The van der Waals surface area contributed by atoms with Gasteiger partial charge >= 0.3 is 5.97 Å². The fourth-order valence-electron chi connectivity index (χ4n) is 9.13. The summed E-state index contributed by atoms with van der Waals surface area (Å²) in [5.41, 5.74) is -0.159. The van der Waals surface area contributed by atoms with Crippen LogP contribution in [0.4, 0.5) is 0 Å². The molecule has 0 radical (unpaired) electrons. The number of esters is 1. The van der Waals surface area contributed by atoms with Gasteiger partial charge in [0, 0.05) is 37.8 Å². The van der Waals surface area contributed by atoms with Crippen molar-refractivity contribution in [2.75, 3.05) is 13.1 Å². The van der Waals surface area contributed by atoms with Crippen molar-refractivity contribution >= 4 is 11.9 Å². The molecule has 2 aromatic carbocycles. The monoisotopic (exact) mass is 633 g/mol. The molecule has 2 aromatic rings. The third kappa shape index (κ3) is 5.38. The Balaban J connectivity index is 0.955.